The fourth-order valence-corrected chi connectivity index (χ4v) is 2.84. The van der Waals surface area contributed by atoms with Crippen LogP contribution in [0.4, 0.5) is 11.4 Å². The Morgan fingerprint density at radius 2 is 2.26 bits per heavy atom. The van der Waals surface area contributed by atoms with Gasteiger partial charge in [-0.3, -0.25) is 10.1 Å². The fraction of sp³-hybridized carbons (Fsp3) is 0.214. The van der Waals surface area contributed by atoms with Crippen LogP contribution in [0.2, 0.25) is 0 Å². The second-order valence-electron chi connectivity index (χ2n) is 4.32. The van der Waals surface area contributed by atoms with Crippen LogP contribution in [0.25, 0.3) is 10.6 Å². The number of carbonyl (C=O) groups excluding carboxylic acids is 2. The summed E-state index contributed by atoms with van der Waals surface area (Å²) in [6, 6.07) is 3.81. The number of thiazole rings is 1. The molecule has 0 aliphatic rings. The van der Waals surface area contributed by atoms with Gasteiger partial charge >= 0.3 is 5.97 Å². The van der Waals surface area contributed by atoms with Crippen molar-refractivity contribution in [3.8, 4) is 10.6 Å². The Bertz CT molecular complexity index is 824. The van der Waals surface area contributed by atoms with Crippen molar-refractivity contribution in [2.75, 3.05) is 6.61 Å². The Morgan fingerprint density at radius 1 is 1.52 bits per heavy atom. The van der Waals surface area contributed by atoms with Gasteiger partial charge in [-0.1, -0.05) is 0 Å². The normalized spacial score (nSPS) is 10.0. The highest BCUT2D eigenvalue weighted by molar-refractivity contribution is 7.17. The molecule has 1 aromatic heterocycles. The Hall–Kier alpha value is -2.90. The second kappa shape index (κ2) is 6.91. The summed E-state index contributed by atoms with van der Waals surface area (Å²) >= 11 is 1.02. The smallest absolute Gasteiger partial charge is 0.350 e. The van der Waals surface area contributed by atoms with Crippen LogP contribution in [0, 0.1) is 17.0 Å². The molecule has 0 radical (unpaired) electrons. The Morgan fingerprint density at radius 3 is 2.87 bits per heavy atom. The molecule has 1 aromatic carbocycles. The van der Waals surface area contributed by atoms with Gasteiger partial charge in [-0.15, -0.1) is 11.3 Å². The molecule has 0 spiro atoms. The van der Waals surface area contributed by atoms with Gasteiger partial charge in [0.2, 0.25) is 6.08 Å². The molecule has 0 atom stereocenters. The first-order chi connectivity index (χ1) is 11.0. The van der Waals surface area contributed by atoms with Crippen molar-refractivity contribution in [3.05, 3.63) is 38.9 Å². The van der Waals surface area contributed by atoms with E-state index in [1.165, 1.54) is 24.3 Å². The first-order valence-corrected chi connectivity index (χ1v) is 7.30. The number of esters is 1. The Labute approximate surface area is 134 Å². The number of nitro groups is 1. The average molecular weight is 333 g/mol. The van der Waals surface area contributed by atoms with Gasteiger partial charge in [-0.2, -0.15) is 4.99 Å². The van der Waals surface area contributed by atoms with Crippen molar-refractivity contribution in [2.24, 2.45) is 4.99 Å². The summed E-state index contributed by atoms with van der Waals surface area (Å²) in [5.74, 6) is -0.514. The molecule has 0 amide bonds. The van der Waals surface area contributed by atoms with Crippen LogP contribution in [0.15, 0.2) is 23.2 Å². The van der Waals surface area contributed by atoms with Gasteiger partial charge in [-0.25, -0.2) is 14.6 Å². The highest BCUT2D eigenvalue weighted by Gasteiger charge is 2.20. The van der Waals surface area contributed by atoms with E-state index >= 15 is 0 Å². The molecule has 2 aromatic rings. The number of aryl methyl sites for hydroxylation is 1. The lowest BCUT2D eigenvalue weighted by Crippen LogP contribution is -2.03. The summed E-state index contributed by atoms with van der Waals surface area (Å²) in [7, 11) is 0. The third-order valence-electron chi connectivity index (χ3n) is 2.84. The molecule has 0 saturated carbocycles. The minimum absolute atomic E-state index is 0.171. The third-order valence-corrected chi connectivity index (χ3v) is 4.02. The van der Waals surface area contributed by atoms with E-state index in [-0.39, 0.29) is 23.5 Å². The number of isocyanates is 1. The van der Waals surface area contributed by atoms with E-state index in [0.717, 1.165) is 11.3 Å². The van der Waals surface area contributed by atoms with Gasteiger partial charge in [0.1, 0.15) is 9.88 Å². The van der Waals surface area contributed by atoms with E-state index in [2.05, 4.69) is 9.98 Å². The summed E-state index contributed by atoms with van der Waals surface area (Å²) in [5.41, 5.74) is 0.743. The van der Waals surface area contributed by atoms with E-state index in [0.29, 0.717) is 15.6 Å². The van der Waals surface area contributed by atoms with Crippen LogP contribution in [-0.4, -0.2) is 28.6 Å². The minimum Gasteiger partial charge on any atom is -0.462 e. The quantitative estimate of drug-likeness (QED) is 0.273. The summed E-state index contributed by atoms with van der Waals surface area (Å²) < 4.78 is 4.94. The number of hydrogen-bond donors (Lipinski definition) is 0. The predicted molar refractivity (Wildman–Crippen MR) is 82.7 cm³/mol. The topological polar surface area (TPSA) is 112 Å². The molecule has 0 unspecified atom stereocenters. The SMILES string of the molecule is CCOC(=O)c1sc(-c2cc([N+](=O)[O-])ccc2N=C=O)nc1C. The highest BCUT2D eigenvalue weighted by Crippen LogP contribution is 2.37. The summed E-state index contributed by atoms with van der Waals surface area (Å²) in [4.78, 5) is 40.8. The molecule has 0 aliphatic heterocycles. The maximum absolute atomic E-state index is 11.9. The molecule has 0 aliphatic carbocycles. The lowest BCUT2D eigenvalue weighted by Gasteiger charge is -2.01. The van der Waals surface area contributed by atoms with Crippen molar-refractivity contribution in [2.45, 2.75) is 13.8 Å². The molecule has 0 fully saturated rings. The molecule has 1 heterocycles. The lowest BCUT2D eigenvalue weighted by atomic mass is 10.1. The molecule has 0 saturated heterocycles. The van der Waals surface area contributed by atoms with Crippen LogP contribution < -0.4 is 0 Å². The molecule has 118 valence electrons. The van der Waals surface area contributed by atoms with Crippen molar-refractivity contribution in [1.82, 2.24) is 4.98 Å². The van der Waals surface area contributed by atoms with E-state index in [9.17, 15) is 19.7 Å². The highest BCUT2D eigenvalue weighted by atomic mass is 32.1. The van der Waals surface area contributed by atoms with Crippen LogP contribution >= 0.6 is 11.3 Å². The van der Waals surface area contributed by atoms with Crippen molar-refractivity contribution in [1.29, 1.82) is 0 Å². The van der Waals surface area contributed by atoms with Gasteiger partial charge < -0.3 is 4.74 Å². The lowest BCUT2D eigenvalue weighted by molar-refractivity contribution is -0.384. The molecule has 0 bridgehead atoms. The minimum atomic E-state index is -0.565. The monoisotopic (exact) mass is 333 g/mol. The largest absolute Gasteiger partial charge is 0.462 e. The van der Waals surface area contributed by atoms with E-state index in [4.69, 9.17) is 4.74 Å². The zero-order valence-corrected chi connectivity index (χ0v) is 13.0. The summed E-state index contributed by atoms with van der Waals surface area (Å²) in [5, 5.41) is 11.3. The number of hydrogen-bond acceptors (Lipinski definition) is 8. The third kappa shape index (κ3) is 3.47. The maximum atomic E-state index is 11.9. The van der Waals surface area contributed by atoms with E-state index < -0.39 is 10.9 Å². The fourth-order valence-electron chi connectivity index (χ4n) is 1.85. The van der Waals surface area contributed by atoms with Crippen molar-refractivity contribution < 1.29 is 19.2 Å². The first kappa shape index (κ1) is 16.5. The molecule has 0 N–H and O–H groups in total. The zero-order chi connectivity index (χ0) is 17.0. The number of rotatable bonds is 5. The second-order valence-corrected chi connectivity index (χ2v) is 5.31. The standard InChI is InChI=1S/C14H11N3O5S/c1-3-22-14(19)12-8(2)16-13(23-12)10-6-9(17(20)21)4-5-11(10)15-7-18/h4-6H,3H2,1-2H3. The van der Waals surface area contributed by atoms with E-state index in [1.54, 1.807) is 13.8 Å². The first-order valence-electron chi connectivity index (χ1n) is 6.49. The maximum Gasteiger partial charge on any atom is 0.350 e. The predicted octanol–water partition coefficient (Wildman–Crippen LogP) is 3.17. The molecule has 23 heavy (non-hydrogen) atoms. The number of nitro benzene ring substituents is 1. The van der Waals surface area contributed by atoms with Crippen molar-refractivity contribution >= 4 is 34.8 Å². The van der Waals surface area contributed by atoms with Crippen LogP contribution in [0.3, 0.4) is 0 Å². The van der Waals surface area contributed by atoms with Gasteiger partial charge in [0.15, 0.2) is 0 Å². The molecule has 9 heteroatoms. The van der Waals surface area contributed by atoms with Crippen LogP contribution in [-0.2, 0) is 9.53 Å². The number of aromatic nitrogens is 1. The van der Waals surface area contributed by atoms with Gasteiger partial charge in [0, 0.05) is 17.7 Å². The van der Waals surface area contributed by atoms with Crippen LogP contribution in [0.1, 0.15) is 22.3 Å². The zero-order valence-electron chi connectivity index (χ0n) is 12.2. The molecular weight excluding hydrogens is 322 g/mol. The van der Waals surface area contributed by atoms with Crippen LogP contribution in [0.5, 0.6) is 0 Å². The molecular formula is C14H11N3O5S. The number of non-ortho nitro benzene ring substituents is 1. The van der Waals surface area contributed by atoms with Crippen molar-refractivity contribution in [3.63, 3.8) is 0 Å². The Kier molecular flexibility index (Phi) is 4.95. The van der Waals surface area contributed by atoms with Gasteiger partial charge in [0.05, 0.1) is 22.9 Å². The molecule has 8 nitrogen and oxygen atoms in total. The molecule has 2 rings (SSSR count). The average Bonchev–Trinajstić information content (AvgIpc) is 2.90. The number of aliphatic imine (C=N–C) groups is 1. The number of benzene rings is 1. The number of nitrogens with zero attached hydrogens (tertiary/aromatic N) is 3. The summed E-state index contributed by atoms with van der Waals surface area (Å²) in [6.07, 6.45) is 1.40. The number of carbonyl (C=O) groups is 1. The summed E-state index contributed by atoms with van der Waals surface area (Å²) in [6.45, 7) is 3.54. The van der Waals surface area contributed by atoms with E-state index in [1.807, 2.05) is 0 Å². The number of ether oxygens (including phenoxy) is 1. The van der Waals surface area contributed by atoms with Gasteiger partial charge in [0.25, 0.3) is 5.69 Å². The van der Waals surface area contributed by atoms with Gasteiger partial charge in [-0.05, 0) is 19.9 Å². The Balaban J connectivity index is 2.58.